The average Bonchev–Trinajstić information content (AvgIpc) is 3.08. The van der Waals surface area contributed by atoms with E-state index < -0.39 is 45.7 Å². The van der Waals surface area contributed by atoms with Crippen molar-refractivity contribution in [1.82, 2.24) is 0 Å². The van der Waals surface area contributed by atoms with Crippen LogP contribution in [0.2, 0.25) is 0 Å². The molecule has 3 aromatic rings. The van der Waals surface area contributed by atoms with Gasteiger partial charge in [-0.1, -0.05) is 24.3 Å². The zero-order chi connectivity index (χ0) is 25.5. The number of ketones is 1. The second-order valence-electron chi connectivity index (χ2n) is 7.62. The molecule has 0 radical (unpaired) electrons. The monoisotopic (exact) mass is 484 g/mol. The summed E-state index contributed by atoms with van der Waals surface area (Å²) in [4.78, 5) is 37.4. The van der Waals surface area contributed by atoms with Crippen LogP contribution in [0.25, 0.3) is 5.76 Å². The summed E-state index contributed by atoms with van der Waals surface area (Å²) in [5, 5.41) is 32.1. The molecule has 4 rings (SSSR count). The molecule has 0 bridgehead atoms. The lowest BCUT2D eigenvalue weighted by atomic mass is 9.95. The van der Waals surface area contributed by atoms with Gasteiger partial charge in [-0.25, -0.2) is 0 Å². The number of Topliss-reactive ketones (excluding diaryl/α,β-unsaturated/α-hetero) is 1. The molecule has 1 heterocycles. The molecule has 1 fully saturated rings. The number of nitrogens with zero attached hydrogens (tertiary/aromatic N) is 2. The summed E-state index contributed by atoms with van der Waals surface area (Å²) in [7, 11) is 0. The van der Waals surface area contributed by atoms with Crippen LogP contribution in [0.5, 0.6) is 5.75 Å². The molecule has 1 saturated heterocycles. The van der Waals surface area contributed by atoms with Crippen molar-refractivity contribution in [3.8, 4) is 5.75 Å². The van der Waals surface area contributed by atoms with E-state index in [1.54, 1.807) is 0 Å². The highest BCUT2D eigenvalue weighted by molar-refractivity contribution is 6.51. The number of alkyl halides is 3. The molecule has 0 spiro atoms. The Morgan fingerprint density at radius 2 is 1.63 bits per heavy atom. The first-order chi connectivity index (χ1) is 16.5. The SMILES string of the molecule is O=C1C(=O)N(c2ccc(C(F)(F)F)cc2)C(c2cccc(O)c2)/C1=C(/O)c1cccc([N+](=O)[O-])c1. The highest BCUT2D eigenvalue weighted by Gasteiger charge is 2.47. The Labute approximate surface area is 195 Å². The molecular weight excluding hydrogens is 469 g/mol. The van der Waals surface area contributed by atoms with Crippen LogP contribution in [0.4, 0.5) is 24.5 Å². The number of amides is 1. The van der Waals surface area contributed by atoms with Crippen molar-refractivity contribution in [2.45, 2.75) is 12.2 Å². The standard InChI is InChI=1S/C24H15F3N2O6/c25-24(26,27)15-7-9-16(10-8-15)28-20(13-3-2-6-18(30)12-13)19(22(32)23(28)33)21(31)14-4-1-5-17(11-14)29(34)35/h1-12,20,30-31H/b21-19-. The van der Waals surface area contributed by atoms with Crippen LogP contribution in [0.1, 0.15) is 22.7 Å². The number of nitro groups is 1. The number of rotatable bonds is 4. The highest BCUT2D eigenvalue weighted by atomic mass is 19.4. The van der Waals surface area contributed by atoms with E-state index in [0.29, 0.717) is 0 Å². The first-order valence-electron chi connectivity index (χ1n) is 10.0. The summed E-state index contributed by atoms with van der Waals surface area (Å²) in [6.07, 6.45) is -4.63. The molecule has 35 heavy (non-hydrogen) atoms. The van der Waals surface area contributed by atoms with Gasteiger partial charge in [0.1, 0.15) is 11.5 Å². The third kappa shape index (κ3) is 4.31. The van der Waals surface area contributed by atoms with Crippen molar-refractivity contribution in [2.75, 3.05) is 4.90 Å². The lowest BCUT2D eigenvalue weighted by Gasteiger charge is -2.25. The number of hydrogen-bond donors (Lipinski definition) is 2. The number of anilines is 1. The number of phenolic OH excluding ortho intramolecular Hbond substituents is 1. The second kappa shape index (κ2) is 8.60. The second-order valence-corrected chi connectivity index (χ2v) is 7.62. The van der Waals surface area contributed by atoms with E-state index in [9.17, 15) is 43.1 Å². The van der Waals surface area contributed by atoms with Gasteiger partial charge in [-0.05, 0) is 42.0 Å². The molecule has 1 amide bonds. The predicted molar refractivity (Wildman–Crippen MR) is 117 cm³/mol. The fourth-order valence-corrected chi connectivity index (χ4v) is 3.84. The largest absolute Gasteiger partial charge is 0.508 e. The average molecular weight is 484 g/mol. The van der Waals surface area contributed by atoms with Gasteiger partial charge in [0.05, 0.1) is 22.1 Å². The van der Waals surface area contributed by atoms with E-state index in [1.165, 1.54) is 42.5 Å². The number of carbonyl (C=O) groups excluding carboxylic acids is 2. The van der Waals surface area contributed by atoms with Crippen molar-refractivity contribution in [3.05, 3.63) is 105 Å². The Balaban J connectivity index is 1.92. The fourth-order valence-electron chi connectivity index (χ4n) is 3.84. The van der Waals surface area contributed by atoms with Crippen molar-refractivity contribution in [3.63, 3.8) is 0 Å². The van der Waals surface area contributed by atoms with Crippen molar-refractivity contribution >= 4 is 28.8 Å². The maximum atomic E-state index is 13.0. The summed E-state index contributed by atoms with van der Waals surface area (Å²) in [5.41, 5.74) is -1.79. The van der Waals surface area contributed by atoms with Gasteiger partial charge in [-0.15, -0.1) is 0 Å². The van der Waals surface area contributed by atoms with E-state index in [4.69, 9.17) is 0 Å². The number of halogens is 3. The molecule has 1 aliphatic heterocycles. The van der Waals surface area contributed by atoms with E-state index in [0.717, 1.165) is 35.2 Å². The first-order valence-corrected chi connectivity index (χ1v) is 10.0. The van der Waals surface area contributed by atoms with E-state index in [-0.39, 0.29) is 28.3 Å². The van der Waals surface area contributed by atoms with Crippen LogP contribution in [0.3, 0.4) is 0 Å². The Morgan fingerprint density at radius 1 is 0.971 bits per heavy atom. The summed E-state index contributed by atoms with van der Waals surface area (Å²) >= 11 is 0. The predicted octanol–water partition coefficient (Wildman–Crippen LogP) is 4.95. The Morgan fingerprint density at radius 3 is 2.23 bits per heavy atom. The molecule has 0 aromatic heterocycles. The summed E-state index contributed by atoms with van der Waals surface area (Å²) in [6, 6.07) is 12.4. The van der Waals surface area contributed by atoms with Gasteiger partial charge in [-0.3, -0.25) is 24.6 Å². The zero-order valence-corrected chi connectivity index (χ0v) is 17.6. The molecular formula is C24H15F3N2O6. The van der Waals surface area contributed by atoms with Crippen molar-refractivity contribution in [1.29, 1.82) is 0 Å². The topological polar surface area (TPSA) is 121 Å². The van der Waals surface area contributed by atoms with Gasteiger partial charge in [0, 0.05) is 23.4 Å². The van der Waals surface area contributed by atoms with Crippen LogP contribution in [-0.2, 0) is 15.8 Å². The normalized spacial score (nSPS) is 17.6. The molecule has 1 aliphatic rings. The quantitative estimate of drug-likeness (QED) is 0.178. The number of phenols is 1. The number of benzene rings is 3. The lowest BCUT2D eigenvalue weighted by Crippen LogP contribution is -2.29. The maximum absolute atomic E-state index is 13.0. The van der Waals surface area contributed by atoms with Crippen LogP contribution in [-0.4, -0.2) is 26.8 Å². The molecule has 0 aliphatic carbocycles. The van der Waals surface area contributed by atoms with Gasteiger partial charge in [0.25, 0.3) is 17.4 Å². The smallest absolute Gasteiger partial charge is 0.416 e. The number of aliphatic hydroxyl groups is 1. The minimum absolute atomic E-state index is 0.0634. The first kappa shape index (κ1) is 23.5. The van der Waals surface area contributed by atoms with Crippen LogP contribution < -0.4 is 4.90 Å². The maximum Gasteiger partial charge on any atom is 0.416 e. The summed E-state index contributed by atoms with van der Waals surface area (Å²) < 4.78 is 39.0. The summed E-state index contributed by atoms with van der Waals surface area (Å²) in [6.45, 7) is 0. The zero-order valence-electron chi connectivity index (χ0n) is 17.6. The molecule has 0 saturated carbocycles. The van der Waals surface area contributed by atoms with Crippen LogP contribution >= 0.6 is 0 Å². The minimum Gasteiger partial charge on any atom is -0.508 e. The van der Waals surface area contributed by atoms with Gasteiger partial charge in [-0.2, -0.15) is 13.2 Å². The highest BCUT2D eigenvalue weighted by Crippen LogP contribution is 2.43. The van der Waals surface area contributed by atoms with Gasteiger partial charge >= 0.3 is 6.18 Å². The lowest BCUT2D eigenvalue weighted by molar-refractivity contribution is -0.384. The molecule has 11 heteroatoms. The number of hydrogen-bond acceptors (Lipinski definition) is 6. The number of aromatic hydroxyl groups is 1. The van der Waals surface area contributed by atoms with E-state index in [1.807, 2.05) is 0 Å². The number of aliphatic hydroxyl groups excluding tert-OH is 1. The molecule has 3 aromatic carbocycles. The third-order valence-electron chi connectivity index (χ3n) is 5.43. The van der Waals surface area contributed by atoms with Gasteiger partial charge < -0.3 is 10.2 Å². The number of nitro benzene ring substituents is 1. The molecule has 8 nitrogen and oxygen atoms in total. The Kier molecular flexibility index (Phi) is 5.77. The van der Waals surface area contributed by atoms with Crippen LogP contribution in [0, 0.1) is 10.1 Å². The fraction of sp³-hybridized carbons (Fsp3) is 0.0833. The Bertz CT molecular complexity index is 1380. The van der Waals surface area contributed by atoms with Crippen molar-refractivity contribution < 1.29 is 37.9 Å². The molecule has 1 unspecified atom stereocenters. The van der Waals surface area contributed by atoms with E-state index >= 15 is 0 Å². The third-order valence-corrected chi connectivity index (χ3v) is 5.43. The number of carbonyl (C=O) groups is 2. The van der Waals surface area contributed by atoms with Crippen LogP contribution in [0.15, 0.2) is 78.4 Å². The van der Waals surface area contributed by atoms with E-state index in [2.05, 4.69) is 0 Å². The number of non-ortho nitro benzene ring substituents is 1. The summed E-state index contributed by atoms with van der Waals surface area (Å²) in [5.74, 6) is -3.22. The van der Waals surface area contributed by atoms with Gasteiger partial charge in [0.15, 0.2) is 0 Å². The molecule has 1 atom stereocenters. The molecule has 2 N–H and O–H groups in total. The Hall–Kier alpha value is -4.67. The van der Waals surface area contributed by atoms with Crippen molar-refractivity contribution in [2.24, 2.45) is 0 Å². The van der Waals surface area contributed by atoms with Gasteiger partial charge in [0.2, 0.25) is 0 Å². The molecule has 178 valence electrons. The minimum atomic E-state index is -4.63.